The van der Waals surface area contributed by atoms with E-state index in [1.165, 1.54) is 0 Å². The minimum Gasteiger partial charge on any atom is -0.464 e. The molecular weight excluding hydrogens is 226 g/mol. The van der Waals surface area contributed by atoms with Crippen LogP contribution in [0.25, 0.3) is 0 Å². The van der Waals surface area contributed by atoms with Crippen molar-refractivity contribution in [1.82, 2.24) is 4.90 Å². The van der Waals surface area contributed by atoms with Crippen LogP contribution in [0.1, 0.15) is 12.0 Å². The molecule has 1 aromatic rings. The molecule has 0 unspecified atom stereocenters. The molecule has 0 bridgehead atoms. The number of likely N-dealkylation sites (N-methyl/N-ethyl adjacent to an activating group) is 1. The molecule has 1 atom stereocenters. The van der Waals surface area contributed by atoms with Crippen molar-refractivity contribution in [1.29, 1.82) is 0 Å². The largest absolute Gasteiger partial charge is 0.464 e. The van der Waals surface area contributed by atoms with Crippen LogP contribution < -0.4 is 0 Å². The van der Waals surface area contributed by atoms with Gasteiger partial charge in [0, 0.05) is 18.0 Å². The van der Waals surface area contributed by atoms with E-state index in [0.717, 1.165) is 17.0 Å². The van der Waals surface area contributed by atoms with Gasteiger partial charge >= 0.3 is 5.97 Å². The van der Waals surface area contributed by atoms with Crippen molar-refractivity contribution in [2.45, 2.75) is 19.0 Å². The van der Waals surface area contributed by atoms with Gasteiger partial charge in [-0.25, -0.2) is 0 Å². The lowest BCUT2D eigenvalue weighted by atomic mass is 10.1. The lowest BCUT2D eigenvalue weighted by molar-refractivity contribution is -0.142. The monoisotopic (exact) mass is 239 g/mol. The van der Waals surface area contributed by atoms with Gasteiger partial charge in [0.2, 0.25) is 0 Å². The molecule has 0 amide bonds. The molecule has 0 aliphatic carbocycles. The van der Waals surface area contributed by atoms with Crippen molar-refractivity contribution < 1.29 is 9.53 Å². The lowest BCUT2D eigenvalue weighted by Crippen LogP contribution is -2.34. The quantitative estimate of drug-likeness (QED) is 0.757. The van der Waals surface area contributed by atoms with Gasteiger partial charge < -0.3 is 4.74 Å². The number of nitrogens with zero attached hydrogens (tertiary/aromatic N) is 1. The van der Waals surface area contributed by atoms with E-state index >= 15 is 0 Å². The predicted molar refractivity (Wildman–Crippen MR) is 62.3 cm³/mol. The maximum atomic E-state index is 11.4. The molecule has 3 nitrogen and oxygen atoms in total. The number of esters is 1. The Morgan fingerprint density at radius 1 is 1.56 bits per heavy atom. The SMILES string of the molecule is CN(Cc1cccc(Cl)c1)[C@H]1CCOC1=O. The third kappa shape index (κ3) is 2.54. The van der Waals surface area contributed by atoms with E-state index in [-0.39, 0.29) is 12.0 Å². The second kappa shape index (κ2) is 4.85. The minimum absolute atomic E-state index is 0.112. The summed E-state index contributed by atoms with van der Waals surface area (Å²) in [5.74, 6) is -0.121. The van der Waals surface area contributed by atoms with Gasteiger partial charge in [-0.1, -0.05) is 23.7 Å². The highest BCUT2D eigenvalue weighted by Gasteiger charge is 2.29. The van der Waals surface area contributed by atoms with Crippen molar-refractivity contribution in [2.75, 3.05) is 13.7 Å². The highest BCUT2D eigenvalue weighted by Crippen LogP contribution is 2.17. The van der Waals surface area contributed by atoms with Crippen molar-refractivity contribution >= 4 is 17.6 Å². The summed E-state index contributed by atoms with van der Waals surface area (Å²) in [6.07, 6.45) is 0.774. The summed E-state index contributed by atoms with van der Waals surface area (Å²) in [4.78, 5) is 13.4. The van der Waals surface area contributed by atoms with E-state index in [0.29, 0.717) is 13.2 Å². The van der Waals surface area contributed by atoms with E-state index in [1.807, 2.05) is 36.2 Å². The first-order valence-corrected chi connectivity index (χ1v) is 5.66. The summed E-state index contributed by atoms with van der Waals surface area (Å²) < 4.78 is 4.94. The fourth-order valence-corrected chi connectivity index (χ4v) is 2.13. The van der Waals surface area contributed by atoms with Crippen LogP contribution in [0.4, 0.5) is 0 Å². The average molecular weight is 240 g/mol. The first-order valence-electron chi connectivity index (χ1n) is 5.28. The second-order valence-corrected chi connectivity index (χ2v) is 4.45. The molecular formula is C12H14ClNO2. The molecule has 1 aliphatic heterocycles. The number of carbonyl (C=O) groups is 1. The smallest absolute Gasteiger partial charge is 0.323 e. The van der Waals surface area contributed by atoms with Crippen molar-refractivity contribution in [2.24, 2.45) is 0 Å². The Bertz CT molecular complexity index is 394. The van der Waals surface area contributed by atoms with Crippen molar-refractivity contribution in [3.8, 4) is 0 Å². The molecule has 1 fully saturated rings. The first-order chi connectivity index (χ1) is 7.66. The second-order valence-electron chi connectivity index (χ2n) is 4.02. The zero-order valence-corrected chi connectivity index (χ0v) is 9.91. The Balaban J connectivity index is 2.01. The van der Waals surface area contributed by atoms with Gasteiger partial charge in [-0.2, -0.15) is 0 Å². The highest BCUT2D eigenvalue weighted by molar-refractivity contribution is 6.30. The van der Waals surface area contributed by atoms with E-state index in [1.54, 1.807) is 0 Å². The van der Waals surface area contributed by atoms with Crippen molar-refractivity contribution in [3.63, 3.8) is 0 Å². The van der Waals surface area contributed by atoms with E-state index in [9.17, 15) is 4.79 Å². The summed E-state index contributed by atoms with van der Waals surface area (Å²) in [7, 11) is 1.93. The Morgan fingerprint density at radius 2 is 2.38 bits per heavy atom. The molecule has 16 heavy (non-hydrogen) atoms. The lowest BCUT2D eigenvalue weighted by Gasteiger charge is -2.20. The van der Waals surface area contributed by atoms with Gasteiger partial charge in [0.1, 0.15) is 6.04 Å². The summed E-state index contributed by atoms with van der Waals surface area (Å²) >= 11 is 5.91. The molecule has 0 saturated carbocycles. The fourth-order valence-electron chi connectivity index (χ4n) is 1.92. The molecule has 1 saturated heterocycles. The maximum absolute atomic E-state index is 11.4. The summed E-state index contributed by atoms with van der Waals surface area (Å²) in [5.41, 5.74) is 1.11. The van der Waals surface area contributed by atoms with Gasteiger partial charge in [-0.3, -0.25) is 9.69 Å². The van der Waals surface area contributed by atoms with Gasteiger partial charge in [0.25, 0.3) is 0 Å². The third-order valence-electron chi connectivity index (χ3n) is 2.76. The number of benzene rings is 1. The van der Waals surface area contributed by atoms with Gasteiger partial charge in [0.05, 0.1) is 6.61 Å². The average Bonchev–Trinajstić information content (AvgIpc) is 2.64. The number of rotatable bonds is 3. The molecule has 0 aromatic heterocycles. The Hall–Kier alpha value is -1.06. The van der Waals surface area contributed by atoms with Gasteiger partial charge in [-0.15, -0.1) is 0 Å². The Kier molecular flexibility index (Phi) is 3.46. The fraction of sp³-hybridized carbons (Fsp3) is 0.417. The number of hydrogen-bond acceptors (Lipinski definition) is 3. The van der Waals surface area contributed by atoms with Crippen LogP contribution in [0.2, 0.25) is 5.02 Å². The molecule has 2 rings (SSSR count). The number of carbonyl (C=O) groups excluding carboxylic acids is 1. The number of halogens is 1. The molecule has 0 N–H and O–H groups in total. The van der Waals surface area contributed by atoms with Gasteiger partial charge in [0.15, 0.2) is 0 Å². The van der Waals surface area contributed by atoms with E-state index < -0.39 is 0 Å². The minimum atomic E-state index is -0.121. The molecule has 1 aromatic carbocycles. The predicted octanol–water partition coefficient (Wildman–Crippen LogP) is 2.09. The Morgan fingerprint density at radius 3 is 3.00 bits per heavy atom. The zero-order chi connectivity index (χ0) is 11.5. The topological polar surface area (TPSA) is 29.5 Å². The Labute approximate surface area is 100.0 Å². The first kappa shape index (κ1) is 11.4. The summed E-state index contributed by atoms with van der Waals surface area (Å²) in [6.45, 7) is 1.24. The van der Waals surface area contributed by atoms with Crippen molar-refractivity contribution in [3.05, 3.63) is 34.9 Å². The molecule has 1 aliphatic rings. The summed E-state index contributed by atoms with van der Waals surface area (Å²) in [5, 5.41) is 0.722. The standard InChI is InChI=1S/C12H14ClNO2/c1-14(11-5-6-16-12(11)15)8-9-3-2-4-10(13)7-9/h2-4,7,11H,5-6,8H2,1H3/t11-/m0/s1. The normalized spacial score (nSPS) is 20.2. The van der Waals surface area contributed by atoms with E-state index in [4.69, 9.17) is 16.3 Å². The van der Waals surface area contributed by atoms with E-state index in [2.05, 4.69) is 0 Å². The van der Waals surface area contributed by atoms with Crippen LogP contribution in [0, 0.1) is 0 Å². The van der Waals surface area contributed by atoms with Crippen LogP contribution in [-0.2, 0) is 16.1 Å². The van der Waals surface area contributed by atoms with Crippen LogP contribution in [0.3, 0.4) is 0 Å². The summed E-state index contributed by atoms with van der Waals surface area (Å²) in [6, 6.07) is 7.56. The maximum Gasteiger partial charge on any atom is 0.323 e. The number of cyclic esters (lactones) is 1. The van der Waals surface area contributed by atoms with Crippen LogP contribution in [-0.4, -0.2) is 30.6 Å². The third-order valence-corrected chi connectivity index (χ3v) is 3.00. The zero-order valence-electron chi connectivity index (χ0n) is 9.15. The molecule has 1 heterocycles. The molecule has 4 heteroatoms. The van der Waals surface area contributed by atoms with Crippen LogP contribution >= 0.6 is 11.6 Å². The molecule has 0 spiro atoms. The highest BCUT2D eigenvalue weighted by atomic mass is 35.5. The number of hydrogen-bond donors (Lipinski definition) is 0. The van der Waals surface area contributed by atoms with Crippen LogP contribution in [0.5, 0.6) is 0 Å². The molecule has 86 valence electrons. The van der Waals surface area contributed by atoms with Crippen LogP contribution in [0.15, 0.2) is 24.3 Å². The number of ether oxygens (including phenoxy) is 1. The van der Waals surface area contributed by atoms with Gasteiger partial charge in [-0.05, 0) is 24.7 Å². The molecule has 0 radical (unpaired) electrons.